The Labute approximate surface area is 116 Å². The van der Waals surface area contributed by atoms with Gasteiger partial charge in [0.1, 0.15) is 5.82 Å². The highest BCUT2D eigenvalue weighted by atomic mass is 32.1. The van der Waals surface area contributed by atoms with E-state index >= 15 is 0 Å². The third kappa shape index (κ3) is 3.07. The molecular formula is C13H15FN2O2S. The predicted molar refractivity (Wildman–Crippen MR) is 71.8 cm³/mol. The van der Waals surface area contributed by atoms with Crippen LogP contribution in [0.15, 0.2) is 23.1 Å². The molecule has 1 aromatic rings. The highest BCUT2D eigenvalue weighted by Crippen LogP contribution is 2.16. The number of piperazine rings is 1. The van der Waals surface area contributed by atoms with Crippen LogP contribution >= 0.6 is 12.6 Å². The average Bonchev–Trinajstić information content (AvgIpc) is 2.41. The van der Waals surface area contributed by atoms with Crippen LogP contribution in [0.1, 0.15) is 17.3 Å². The summed E-state index contributed by atoms with van der Waals surface area (Å²) in [5.41, 5.74) is 0.419. The van der Waals surface area contributed by atoms with Crippen LogP contribution in [0, 0.1) is 5.82 Å². The summed E-state index contributed by atoms with van der Waals surface area (Å²) in [7, 11) is 0. The van der Waals surface area contributed by atoms with Crippen LogP contribution in [0.2, 0.25) is 0 Å². The quantitative estimate of drug-likeness (QED) is 0.791. The number of carbonyl (C=O) groups excluding carboxylic acids is 2. The molecule has 102 valence electrons. The van der Waals surface area contributed by atoms with Crippen LogP contribution in [-0.2, 0) is 4.79 Å². The number of thiol groups is 1. The third-order valence-corrected chi connectivity index (χ3v) is 3.55. The number of hydrogen-bond donors (Lipinski definition) is 1. The molecule has 1 aliphatic heterocycles. The van der Waals surface area contributed by atoms with Crippen molar-refractivity contribution in [1.82, 2.24) is 9.80 Å². The molecule has 1 saturated heterocycles. The first-order valence-corrected chi connectivity index (χ1v) is 6.47. The first kappa shape index (κ1) is 13.9. The molecule has 0 unspecified atom stereocenters. The lowest BCUT2D eigenvalue weighted by molar-refractivity contribution is -0.130. The van der Waals surface area contributed by atoms with Crippen molar-refractivity contribution in [3.63, 3.8) is 0 Å². The molecule has 0 saturated carbocycles. The van der Waals surface area contributed by atoms with E-state index in [1.165, 1.54) is 25.1 Å². The Morgan fingerprint density at radius 2 is 1.74 bits per heavy atom. The van der Waals surface area contributed by atoms with Gasteiger partial charge in [0.15, 0.2) is 0 Å². The Balaban J connectivity index is 2.05. The topological polar surface area (TPSA) is 40.6 Å². The predicted octanol–water partition coefficient (Wildman–Crippen LogP) is 1.42. The van der Waals surface area contributed by atoms with Crippen molar-refractivity contribution < 1.29 is 14.0 Å². The molecular weight excluding hydrogens is 267 g/mol. The standard InChI is InChI=1S/C13H15FN2O2S/c1-9(17)15-4-6-16(7-5-15)13(18)10-2-3-11(14)12(19)8-10/h2-3,8,19H,4-7H2,1H3. The number of carbonyl (C=O) groups is 2. The normalized spacial score (nSPS) is 15.5. The smallest absolute Gasteiger partial charge is 0.254 e. The zero-order chi connectivity index (χ0) is 14.0. The molecule has 0 N–H and O–H groups in total. The van der Waals surface area contributed by atoms with Gasteiger partial charge >= 0.3 is 0 Å². The zero-order valence-corrected chi connectivity index (χ0v) is 11.5. The second-order valence-electron chi connectivity index (χ2n) is 4.46. The Kier molecular flexibility index (Phi) is 4.09. The van der Waals surface area contributed by atoms with E-state index in [0.717, 1.165) is 0 Å². The van der Waals surface area contributed by atoms with Crippen LogP contribution in [0.4, 0.5) is 4.39 Å². The summed E-state index contributed by atoms with van der Waals surface area (Å²) in [5.74, 6) is -0.577. The fourth-order valence-corrected chi connectivity index (χ4v) is 2.27. The fourth-order valence-electron chi connectivity index (χ4n) is 2.05. The van der Waals surface area contributed by atoms with Crippen LogP contribution < -0.4 is 0 Å². The van der Waals surface area contributed by atoms with Gasteiger partial charge in [-0.1, -0.05) is 0 Å². The summed E-state index contributed by atoms with van der Waals surface area (Å²) in [6.45, 7) is 3.59. The van der Waals surface area contributed by atoms with Crippen LogP contribution in [0.5, 0.6) is 0 Å². The number of nitrogens with zero attached hydrogens (tertiary/aromatic N) is 2. The summed E-state index contributed by atoms with van der Waals surface area (Å²) >= 11 is 3.97. The number of halogens is 1. The fraction of sp³-hybridized carbons (Fsp3) is 0.385. The molecule has 0 spiro atoms. The van der Waals surface area contributed by atoms with Crippen molar-refractivity contribution in [2.24, 2.45) is 0 Å². The summed E-state index contributed by atoms with van der Waals surface area (Å²) in [5, 5.41) is 0. The minimum Gasteiger partial charge on any atom is -0.339 e. The molecule has 4 nitrogen and oxygen atoms in total. The van der Waals surface area contributed by atoms with Gasteiger partial charge in [0.2, 0.25) is 5.91 Å². The molecule has 1 heterocycles. The van der Waals surface area contributed by atoms with Crippen molar-refractivity contribution in [1.29, 1.82) is 0 Å². The van der Waals surface area contributed by atoms with Gasteiger partial charge in [0.05, 0.1) is 0 Å². The van der Waals surface area contributed by atoms with Crippen molar-refractivity contribution in [2.45, 2.75) is 11.8 Å². The molecule has 2 amide bonds. The molecule has 19 heavy (non-hydrogen) atoms. The van der Waals surface area contributed by atoms with Gasteiger partial charge in [-0.15, -0.1) is 12.6 Å². The molecule has 0 bridgehead atoms. The molecule has 2 rings (SSSR count). The number of amides is 2. The monoisotopic (exact) mass is 282 g/mol. The number of benzene rings is 1. The molecule has 0 aromatic heterocycles. The first-order chi connectivity index (χ1) is 8.99. The molecule has 0 atom stereocenters. The maximum Gasteiger partial charge on any atom is 0.254 e. The van der Waals surface area contributed by atoms with E-state index in [9.17, 15) is 14.0 Å². The maximum atomic E-state index is 13.1. The zero-order valence-electron chi connectivity index (χ0n) is 10.6. The third-order valence-electron chi connectivity index (χ3n) is 3.21. The van der Waals surface area contributed by atoms with Gasteiger partial charge in [-0.2, -0.15) is 0 Å². The van der Waals surface area contributed by atoms with Gasteiger partial charge in [-0.25, -0.2) is 4.39 Å². The van der Waals surface area contributed by atoms with Gasteiger partial charge in [0.25, 0.3) is 5.91 Å². The largest absolute Gasteiger partial charge is 0.339 e. The Morgan fingerprint density at radius 1 is 1.16 bits per heavy atom. The van der Waals surface area contributed by atoms with Crippen LogP contribution in [0.3, 0.4) is 0 Å². The molecule has 1 aromatic carbocycles. The van der Waals surface area contributed by atoms with E-state index in [1.807, 2.05) is 0 Å². The summed E-state index contributed by atoms with van der Waals surface area (Å²) in [6, 6.07) is 4.12. The van der Waals surface area contributed by atoms with Gasteiger partial charge in [-0.3, -0.25) is 9.59 Å². The lowest BCUT2D eigenvalue weighted by atomic mass is 10.1. The van der Waals surface area contributed by atoms with Crippen molar-refractivity contribution in [3.8, 4) is 0 Å². The molecule has 6 heteroatoms. The van der Waals surface area contributed by atoms with Crippen LogP contribution in [0.25, 0.3) is 0 Å². The highest BCUT2D eigenvalue weighted by molar-refractivity contribution is 7.80. The maximum absolute atomic E-state index is 13.1. The second-order valence-corrected chi connectivity index (χ2v) is 4.95. The molecule has 0 aliphatic carbocycles. The van der Waals surface area contributed by atoms with Crippen molar-refractivity contribution in [2.75, 3.05) is 26.2 Å². The second kappa shape index (κ2) is 5.61. The van der Waals surface area contributed by atoms with Crippen molar-refractivity contribution in [3.05, 3.63) is 29.6 Å². The minimum absolute atomic E-state index is 0.0199. The van der Waals surface area contributed by atoms with E-state index in [4.69, 9.17) is 0 Å². The lowest BCUT2D eigenvalue weighted by Gasteiger charge is -2.34. The van der Waals surface area contributed by atoms with Crippen molar-refractivity contribution >= 4 is 24.4 Å². The number of hydrogen-bond acceptors (Lipinski definition) is 3. The van der Waals surface area contributed by atoms with Gasteiger partial charge < -0.3 is 9.80 Å². The van der Waals surface area contributed by atoms with E-state index in [1.54, 1.807) is 9.80 Å². The SMILES string of the molecule is CC(=O)N1CCN(C(=O)c2ccc(F)c(S)c2)CC1. The van der Waals surface area contributed by atoms with E-state index in [2.05, 4.69) is 12.6 Å². The Hall–Kier alpha value is -1.56. The van der Waals surface area contributed by atoms with Crippen LogP contribution in [-0.4, -0.2) is 47.8 Å². The summed E-state index contributed by atoms with van der Waals surface area (Å²) in [6.07, 6.45) is 0. The van der Waals surface area contributed by atoms with Gasteiger partial charge in [0, 0.05) is 43.6 Å². The average molecular weight is 282 g/mol. The Morgan fingerprint density at radius 3 is 2.26 bits per heavy atom. The molecule has 1 fully saturated rings. The summed E-state index contributed by atoms with van der Waals surface area (Å²) < 4.78 is 13.1. The summed E-state index contributed by atoms with van der Waals surface area (Å²) in [4.78, 5) is 26.9. The van der Waals surface area contributed by atoms with E-state index < -0.39 is 5.82 Å². The van der Waals surface area contributed by atoms with Gasteiger partial charge in [-0.05, 0) is 18.2 Å². The molecule has 0 radical (unpaired) electrons. The lowest BCUT2D eigenvalue weighted by Crippen LogP contribution is -2.50. The number of rotatable bonds is 1. The Bertz CT molecular complexity index is 513. The first-order valence-electron chi connectivity index (χ1n) is 6.02. The van der Waals surface area contributed by atoms with E-state index in [0.29, 0.717) is 31.7 Å². The van der Waals surface area contributed by atoms with E-state index in [-0.39, 0.29) is 16.7 Å². The highest BCUT2D eigenvalue weighted by Gasteiger charge is 2.23. The molecule has 1 aliphatic rings. The minimum atomic E-state index is -0.443.